The molecule has 0 saturated heterocycles. The number of benzene rings is 1. The second kappa shape index (κ2) is 4.72. The van der Waals surface area contributed by atoms with Crippen LogP contribution in [0.25, 0.3) is 0 Å². The molecule has 5 heteroatoms. The van der Waals surface area contributed by atoms with E-state index < -0.39 is 5.97 Å². The van der Waals surface area contributed by atoms with Crippen LogP contribution in [-0.4, -0.2) is 34.5 Å². The van der Waals surface area contributed by atoms with Crippen molar-refractivity contribution >= 4 is 38.8 Å². The van der Waals surface area contributed by atoms with Gasteiger partial charge in [-0.3, -0.25) is 0 Å². The van der Waals surface area contributed by atoms with Crippen molar-refractivity contribution in [1.82, 2.24) is 0 Å². The van der Waals surface area contributed by atoms with E-state index in [1.807, 2.05) is 6.92 Å². The summed E-state index contributed by atoms with van der Waals surface area (Å²) in [5.41, 5.74) is 0.153. The van der Waals surface area contributed by atoms with Crippen LogP contribution in [0.5, 0.6) is 5.75 Å². The Bertz CT molecular complexity index is 365. The summed E-state index contributed by atoms with van der Waals surface area (Å²) in [5.74, 6) is -0.447. The fraction of sp³-hybridized carbons (Fsp3) is 0.222. The van der Waals surface area contributed by atoms with Crippen LogP contribution in [0.3, 0.4) is 0 Å². The van der Waals surface area contributed by atoms with E-state index in [0.29, 0.717) is 17.4 Å². The van der Waals surface area contributed by atoms with Crippen LogP contribution in [0.4, 0.5) is 0 Å². The van der Waals surface area contributed by atoms with Gasteiger partial charge in [-0.1, -0.05) is 0 Å². The molecule has 3 nitrogen and oxygen atoms in total. The quantitative estimate of drug-likeness (QED) is 0.827. The zero-order valence-electron chi connectivity index (χ0n) is 7.58. The fourth-order valence-corrected chi connectivity index (χ4v) is 1.73. The Balaban J connectivity index is 3.20. The van der Waals surface area contributed by atoms with E-state index in [4.69, 9.17) is 21.4 Å². The van der Waals surface area contributed by atoms with Crippen molar-refractivity contribution in [3.05, 3.63) is 22.7 Å². The molecular formula is C9H10AsClO3. The van der Waals surface area contributed by atoms with Gasteiger partial charge in [-0.15, -0.1) is 0 Å². The molecule has 76 valence electrons. The van der Waals surface area contributed by atoms with Gasteiger partial charge < -0.3 is 0 Å². The first-order chi connectivity index (χ1) is 6.56. The summed E-state index contributed by atoms with van der Waals surface area (Å²) >= 11 is 7.19. The molecule has 0 aromatic heterocycles. The Morgan fingerprint density at radius 2 is 2.29 bits per heavy atom. The van der Waals surface area contributed by atoms with Gasteiger partial charge in [0.05, 0.1) is 0 Å². The van der Waals surface area contributed by atoms with Crippen molar-refractivity contribution in [3.63, 3.8) is 0 Å². The normalized spacial score (nSPS) is 9.93. The van der Waals surface area contributed by atoms with Crippen LogP contribution in [-0.2, 0) is 0 Å². The Kier molecular flexibility index (Phi) is 3.85. The Morgan fingerprint density at radius 1 is 1.64 bits per heavy atom. The minimum atomic E-state index is -1.000. The summed E-state index contributed by atoms with van der Waals surface area (Å²) in [4.78, 5) is 10.7. The molecule has 1 rings (SSSR count). The molecule has 0 spiro atoms. The summed E-state index contributed by atoms with van der Waals surface area (Å²) in [5, 5.41) is 9.22. The second-order valence-electron chi connectivity index (χ2n) is 2.61. The fourth-order valence-electron chi connectivity index (χ4n) is 0.991. The SMILES string of the molecule is CCOc1cc(C(=O)O)cc(Cl)c1[AsH2]. The Hall–Kier alpha value is -0.662. The standard InChI is InChI=1S/C9H10AsClO3/c1-2-14-7-4-5(9(12)13)3-6(11)8(7)10/h3-4H,2,10H2,1H3,(H,12,13). The summed E-state index contributed by atoms with van der Waals surface area (Å²) < 4.78 is 6.10. The molecule has 0 heterocycles. The third-order valence-corrected chi connectivity index (χ3v) is 3.58. The van der Waals surface area contributed by atoms with Crippen LogP contribution in [0.15, 0.2) is 12.1 Å². The molecular weight excluding hydrogens is 266 g/mol. The first-order valence-corrected chi connectivity index (χ1v) is 5.60. The summed E-state index contributed by atoms with van der Waals surface area (Å²) in [6.07, 6.45) is 0. The first-order valence-electron chi connectivity index (χ1n) is 4.01. The van der Waals surface area contributed by atoms with E-state index in [0.717, 1.165) is 4.35 Å². The predicted octanol–water partition coefficient (Wildman–Crippen LogP) is 0.695. The average Bonchev–Trinajstić information content (AvgIpc) is 2.12. The number of rotatable bonds is 3. The van der Waals surface area contributed by atoms with Crippen molar-refractivity contribution in [3.8, 4) is 5.75 Å². The molecule has 0 saturated carbocycles. The van der Waals surface area contributed by atoms with Crippen molar-refractivity contribution in [2.24, 2.45) is 0 Å². The Morgan fingerprint density at radius 3 is 2.79 bits per heavy atom. The van der Waals surface area contributed by atoms with Crippen molar-refractivity contribution in [2.75, 3.05) is 6.61 Å². The molecule has 0 aliphatic rings. The van der Waals surface area contributed by atoms with Crippen LogP contribution in [0, 0.1) is 0 Å². The molecule has 1 unspecified atom stereocenters. The third kappa shape index (κ3) is 2.43. The number of hydrogen-bond acceptors (Lipinski definition) is 2. The topological polar surface area (TPSA) is 46.5 Å². The number of carbonyl (C=O) groups is 1. The zero-order valence-corrected chi connectivity index (χ0v) is 10.8. The summed E-state index contributed by atoms with van der Waals surface area (Å²) in [6, 6.07) is 2.93. The van der Waals surface area contributed by atoms with Gasteiger partial charge in [0.2, 0.25) is 0 Å². The molecule has 0 bridgehead atoms. The maximum absolute atomic E-state index is 10.7. The van der Waals surface area contributed by atoms with E-state index in [1.165, 1.54) is 29.0 Å². The molecule has 1 aromatic rings. The second-order valence-corrected chi connectivity index (χ2v) is 4.23. The number of carboxylic acid groups (broad SMARTS) is 1. The zero-order chi connectivity index (χ0) is 10.7. The van der Waals surface area contributed by atoms with Gasteiger partial charge >= 0.3 is 95.4 Å². The summed E-state index contributed by atoms with van der Waals surface area (Å²) in [7, 11) is 0. The molecule has 0 aliphatic carbocycles. The van der Waals surface area contributed by atoms with E-state index >= 15 is 0 Å². The minimum absolute atomic E-state index is 0.153. The van der Waals surface area contributed by atoms with Gasteiger partial charge in [0.15, 0.2) is 0 Å². The van der Waals surface area contributed by atoms with Gasteiger partial charge in [-0.25, -0.2) is 0 Å². The van der Waals surface area contributed by atoms with Crippen molar-refractivity contribution in [2.45, 2.75) is 6.92 Å². The average molecular weight is 277 g/mol. The van der Waals surface area contributed by atoms with E-state index in [2.05, 4.69) is 0 Å². The Labute approximate surface area is 95.5 Å². The number of aromatic carboxylic acids is 1. The van der Waals surface area contributed by atoms with E-state index in [9.17, 15) is 4.79 Å². The molecule has 0 amide bonds. The van der Waals surface area contributed by atoms with Gasteiger partial charge in [0.25, 0.3) is 0 Å². The van der Waals surface area contributed by atoms with Crippen molar-refractivity contribution in [1.29, 1.82) is 0 Å². The number of ether oxygens (including phenoxy) is 1. The molecule has 1 N–H and O–H groups in total. The molecule has 0 aliphatic heterocycles. The van der Waals surface area contributed by atoms with Crippen LogP contribution >= 0.6 is 11.6 Å². The number of halogens is 1. The molecule has 1 aromatic carbocycles. The monoisotopic (exact) mass is 276 g/mol. The van der Waals surface area contributed by atoms with Crippen LogP contribution < -0.4 is 9.09 Å². The van der Waals surface area contributed by atoms with Crippen LogP contribution in [0.1, 0.15) is 17.3 Å². The van der Waals surface area contributed by atoms with Gasteiger partial charge in [0.1, 0.15) is 0 Å². The third-order valence-electron chi connectivity index (χ3n) is 1.64. The molecule has 0 fully saturated rings. The first kappa shape index (κ1) is 11.4. The number of hydrogen-bond donors (Lipinski definition) is 1. The van der Waals surface area contributed by atoms with Crippen LogP contribution in [0.2, 0.25) is 5.02 Å². The molecule has 14 heavy (non-hydrogen) atoms. The van der Waals surface area contributed by atoms with Gasteiger partial charge in [-0.05, 0) is 0 Å². The van der Waals surface area contributed by atoms with Gasteiger partial charge in [0, 0.05) is 0 Å². The number of carboxylic acids is 1. The van der Waals surface area contributed by atoms with Crippen molar-refractivity contribution < 1.29 is 14.6 Å². The molecule has 1 atom stereocenters. The molecule has 0 radical (unpaired) electrons. The van der Waals surface area contributed by atoms with E-state index in [-0.39, 0.29) is 5.56 Å². The predicted molar refractivity (Wildman–Crippen MR) is 57.8 cm³/mol. The summed E-state index contributed by atoms with van der Waals surface area (Å²) in [6.45, 7) is 2.34. The van der Waals surface area contributed by atoms with Gasteiger partial charge in [-0.2, -0.15) is 0 Å². The van der Waals surface area contributed by atoms with E-state index in [1.54, 1.807) is 0 Å². The maximum atomic E-state index is 10.7.